The largest absolute Gasteiger partial charge is 0.462 e. The highest BCUT2D eigenvalue weighted by Gasteiger charge is 2.19. The Morgan fingerprint density at radius 1 is 0.253 bits per heavy atom. The predicted octanol–water partition coefficient (Wildman–Crippen LogP) is 23.2. The zero-order valence-corrected chi connectivity index (χ0v) is 51.1. The van der Waals surface area contributed by atoms with Crippen LogP contribution in [0, 0.1) is 0 Å². The average Bonchev–Trinajstić information content (AvgIpc) is 3.41. The third-order valence-corrected chi connectivity index (χ3v) is 15.8. The normalized spacial score (nSPS) is 12.0. The Morgan fingerprint density at radius 3 is 0.667 bits per heavy atom. The first-order valence-electron chi connectivity index (χ1n) is 34.2. The van der Waals surface area contributed by atoms with Gasteiger partial charge in [-0.3, -0.25) is 14.4 Å². The summed E-state index contributed by atoms with van der Waals surface area (Å²) >= 11 is 0. The Balaban J connectivity index is 4.29. The van der Waals surface area contributed by atoms with Gasteiger partial charge in [-0.25, -0.2) is 0 Å². The van der Waals surface area contributed by atoms with Gasteiger partial charge in [-0.05, 0) is 44.9 Å². The molecule has 0 aromatic rings. The zero-order valence-electron chi connectivity index (χ0n) is 51.1. The first-order valence-corrected chi connectivity index (χ1v) is 34.2. The summed E-state index contributed by atoms with van der Waals surface area (Å²) in [7, 11) is 0. The summed E-state index contributed by atoms with van der Waals surface area (Å²) in [5.41, 5.74) is 0. The second kappa shape index (κ2) is 64.7. The van der Waals surface area contributed by atoms with E-state index < -0.39 is 6.10 Å². The fraction of sp³-hybridized carbons (Fsp3) is 0.928. The van der Waals surface area contributed by atoms with Crippen LogP contribution in [0.4, 0.5) is 0 Å². The number of unbranched alkanes of at least 4 members (excludes halogenated alkanes) is 51. The number of carbonyl (C=O) groups excluding carboxylic acids is 3. The minimum atomic E-state index is -0.767. The van der Waals surface area contributed by atoms with Crippen molar-refractivity contribution in [2.75, 3.05) is 13.2 Å². The molecule has 0 aliphatic carbocycles. The number of hydrogen-bond donors (Lipinski definition) is 0. The summed E-state index contributed by atoms with van der Waals surface area (Å²) in [6.45, 7) is 6.73. The molecular weight excluding hydrogens is 925 g/mol. The van der Waals surface area contributed by atoms with E-state index in [0.717, 1.165) is 57.8 Å². The lowest BCUT2D eigenvalue weighted by molar-refractivity contribution is -0.167. The van der Waals surface area contributed by atoms with Crippen LogP contribution in [0.25, 0.3) is 0 Å². The maximum Gasteiger partial charge on any atom is 0.306 e. The molecule has 0 rings (SSSR count). The highest BCUT2D eigenvalue weighted by molar-refractivity contribution is 5.71. The van der Waals surface area contributed by atoms with Gasteiger partial charge in [-0.1, -0.05) is 341 Å². The highest BCUT2D eigenvalue weighted by atomic mass is 16.6. The van der Waals surface area contributed by atoms with E-state index in [1.165, 1.54) is 295 Å². The smallest absolute Gasteiger partial charge is 0.306 e. The van der Waals surface area contributed by atoms with Gasteiger partial charge in [0.05, 0.1) is 0 Å². The van der Waals surface area contributed by atoms with E-state index in [1.807, 2.05) is 0 Å². The summed E-state index contributed by atoms with van der Waals surface area (Å²) in [6.07, 6.45) is 76.5. The molecule has 1 atom stereocenters. The molecule has 6 nitrogen and oxygen atoms in total. The molecule has 0 amide bonds. The Morgan fingerprint density at radius 2 is 0.440 bits per heavy atom. The molecule has 0 heterocycles. The molecule has 0 N–H and O–H groups in total. The van der Waals surface area contributed by atoms with Crippen molar-refractivity contribution >= 4 is 17.9 Å². The molecule has 0 aromatic carbocycles. The molecular formula is C69H132O6. The van der Waals surface area contributed by atoms with Crippen molar-refractivity contribution in [2.24, 2.45) is 0 Å². The van der Waals surface area contributed by atoms with E-state index in [9.17, 15) is 14.4 Å². The quantitative estimate of drug-likeness (QED) is 0.0261. The molecule has 0 saturated heterocycles. The van der Waals surface area contributed by atoms with Crippen LogP contribution < -0.4 is 0 Å². The van der Waals surface area contributed by atoms with Gasteiger partial charge in [0.25, 0.3) is 0 Å². The molecule has 0 unspecified atom stereocenters. The van der Waals surface area contributed by atoms with E-state index in [-0.39, 0.29) is 31.1 Å². The number of rotatable bonds is 64. The van der Waals surface area contributed by atoms with E-state index in [0.29, 0.717) is 19.3 Å². The topological polar surface area (TPSA) is 78.9 Å². The predicted molar refractivity (Wildman–Crippen MR) is 326 cm³/mol. The second-order valence-corrected chi connectivity index (χ2v) is 23.5. The number of allylic oxidation sites excluding steroid dienone is 2. The lowest BCUT2D eigenvalue weighted by Crippen LogP contribution is -2.30. The third-order valence-electron chi connectivity index (χ3n) is 15.8. The van der Waals surface area contributed by atoms with Crippen molar-refractivity contribution in [2.45, 2.75) is 399 Å². The van der Waals surface area contributed by atoms with Crippen molar-refractivity contribution in [1.82, 2.24) is 0 Å². The molecule has 75 heavy (non-hydrogen) atoms. The fourth-order valence-corrected chi connectivity index (χ4v) is 10.6. The van der Waals surface area contributed by atoms with E-state index in [1.54, 1.807) is 0 Å². The first kappa shape index (κ1) is 73.2. The van der Waals surface area contributed by atoms with Gasteiger partial charge in [0, 0.05) is 19.3 Å². The molecule has 0 radical (unpaired) electrons. The number of esters is 3. The average molecular weight is 1060 g/mol. The summed E-state index contributed by atoms with van der Waals surface area (Å²) in [4.78, 5) is 38.4. The van der Waals surface area contributed by atoms with Crippen molar-refractivity contribution < 1.29 is 28.6 Å². The van der Waals surface area contributed by atoms with Crippen LogP contribution >= 0.6 is 0 Å². The van der Waals surface area contributed by atoms with Gasteiger partial charge in [-0.2, -0.15) is 0 Å². The van der Waals surface area contributed by atoms with E-state index >= 15 is 0 Å². The first-order chi connectivity index (χ1) is 37.0. The van der Waals surface area contributed by atoms with Crippen LogP contribution in [0.3, 0.4) is 0 Å². The van der Waals surface area contributed by atoms with Gasteiger partial charge in [0.2, 0.25) is 0 Å². The summed E-state index contributed by atoms with van der Waals surface area (Å²) < 4.78 is 17.0. The molecule has 0 fully saturated rings. The van der Waals surface area contributed by atoms with Crippen molar-refractivity contribution in [3.63, 3.8) is 0 Å². The van der Waals surface area contributed by atoms with Crippen LogP contribution in [0.5, 0.6) is 0 Å². The maximum atomic E-state index is 12.9. The molecule has 0 spiro atoms. The lowest BCUT2D eigenvalue weighted by Gasteiger charge is -2.18. The Bertz CT molecular complexity index is 1170. The SMILES string of the molecule is CCCCCCCC/C=C/CCCCCCCCCCCC(=O)OC[C@@H](COC(=O)CCCCCCCCCCCCCCCCCCCCC)OC(=O)CCCCCCCCCCCCCCCCCCCCC. The van der Waals surface area contributed by atoms with Gasteiger partial charge in [-0.15, -0.1) is 0 Å². The summed E-state index contributed by atoms with van der Waals surface area (Å²) in [5, 5.41) is 0. The number of ether oxygens (including phenoxy) is 3. The highest BCUT2D eigenvalue weighted by Crippen LogP contribution is 2.19. The maximum absolute atomic E-state index is 12.9. The molecule has 0 aromatic heterocycles. The Kier molecular flexibility index (Phi) is 63.1. The van der Waals surface area contributed by atoms with Crippen LogP contribution in [0.15, 0.2) is 12.2 Å². The number of carbonyl (C=O) groups is 3. The van der Waals surface area contributed by atoms with Crippen molar-refractivity contribution in [3.05, 3.63) is 12.2 Å². The van der Waals surface area contributed by atoms with Gasteiger partial charge >= 0.3 is 17.9 Å². The van der Waals surface area contributed by atoms with E-state index in [4.69, 9.17) is 14.2 Å². The molecule has 0 bridgehead atoms. The third kappa shape index (κ3) is 62.9. The van der Waals surface area contributed by atoms with Gasteiger partial charge < -0.3 is 14.2 Å². The minimum absolute atomic E-state index is 0.0634. The van der Waals surface area contributed by atoms with Crippen molar-refractivity contribution in [1.29, 1.82) is 0 Å². The van der Waals surface area contributed by atoms with Gasteiger partial charge in [0.1, 0.15) is 13.2 Å². The molecule has 0 saturated carbocycles. The zero-order chi connectivity index (χ0) is 54.3. The van der Waals surface area contributed by atoms with Crippen LogP contribution in [-0.4, -0.2) is 37.2 Å². The van der Waals surface area contributed by atoms with Crippen LogP contribution in [0.2, 0.25) is 0 Å². The van der Waals surface area contributed by atoms with Crippen LogP contribution in [-0.2, 0) is 28.6 Å². The Labute approximate surface area is 469 Å². The van der Waals surface area contributed by atoms with E-state index in [2.05, 4.69) is 32.9 Å². The van der Waals surface area contributed by atoms with Gasteiger partial charge in [0.15, 0.2) is 6.10 Å². The van der Waals surface area contributed by atoms with Crippen LogP contribution in [0.1, 0.15) is 393 Å². The number of hydrogen-bond acceptors (Lipinski definition) is 6. The summed E-state index contributed by atoms with van der Waals surface area (Å²) in [5.74, 6) is -0.829. The minimum Gasteiger partial charge on any atom is -0.462 e. The molecule has 0 aliphatic heterocycles. The standard InChI is InChI=1S/C69H132O6/c1-4-7-10-13-16-19-22-25-28-31-34-37-40-43-46-49-52-55-58-61-67(70)73-64-66(75-69(72)63-60-57-54-51-48-45-42-39-36-33-30-27-24-21-18-15-12-9-6-3)65-74-68(71)62-59-56-53-50-47-44-41-38-35-32-29-26-23-20-17-14-11-8-5-2/h25,28,66H,4-24,26-27,29-65H2,1-3H3/b28-25+/t66-/m0/s1. The van der Waals surface area contributed by atoms with Crippen molar-refractivity contribution in [3.8, 4) is 0 Å². The Hall–Kier alpha value is -1.85. The molecule has 0 aliphatic rings. The fourth-order valence-electron chi connectivity index (χ4n) is 10.6. The lowest BCUT2D eigenvalue weighted by atomic mass is 10.0. The molecule has 444 valence electrons. The summed E-state index contributed by atoms with van der Waals surface area (Å²) in [6, 6.07) is 0. The molecule has 6 heteroatoms. The second-order valence-electron chi connectivity index (χ2n) is 23.5. The monoisotopic (exact) mass is 1060 g/mol.